The van der Waals surface area contributed by atoms with Crippen molar-refractivity contribution in [2.45, 2.75) is 25.9 Å². The van der Waals surface area contributed by atoms with Crippen LogP contribution in [0.5, 0.6) is 0 Å². The molecule has 2 N–H and O–H groups in total. The Bertz CT molecular complexity index is 213. The molecule has 3 nitrogen and oxygen atoms in total. The number of nitrogens with zero attached hydrogens (tertiary/aromatic N) is 1. The monoisotopic (exact) mass is 200 g/mol. The molecular weight excluding hydrogens is 184 g/mol. The number of aliphatic hydroxyl groups excluding tert-OH is 1. The van der Waals surface area contributed by atoms with Gasteiger partial charge in [0.05, 0.1) is 11.6 Å². The molecule has 0 fully saturated rings. The highest BCUT2D eigenvalue weighted by Gasteiger charge is 2.05. The van der Waals surface area contributed by atoms with Crippen LogP contribution in [0.4, 0.5) is 0 Å². The maximum atomic E-state index is 9.56. The van der Waals surface area contributed by atoms with Gasteiger partial charge < -0.3 is 10.4 Å². The molecule has 0 spiro atoms. The van der Waals surface area contributed by atoms with Gasteiger partial charge in [0, 0.05) is 24.0 Å². The molecule has 0 amide bonds. The first-order valence-corrected chi connectivity index (χ1v) is 5.47. The minimum Gasteiger partial charge on any atom is -0.391 e. The molecule has 1 unspecified atom stereocenters. The van der Waals surface area contributed by atoms with E-state index >= 15 is 0 Å². The third-order valence-electron chi connectivity index (χ3n) is 1.73. The van der Waals surface area contributed by atoms with Crippen LogP contribution in [0.2, 0.25) is 0 Å². The van der Waals surface area contributed by atoms with Gasteiger partial charge in [0.1, 0.15) is 0 Å². The summed E-state index contributed by atoms with van der Waals surface area (Å²) in [6.07, 6.45) is 3.34. The van der Waals surface area contributed by atoms with Crippen LogP contribution in [0, 0.1) is 0 Å². The first-order chi connectivity index (χ1) is 6.33. The topological polar surface area (TPSA) is 45.1 Å². The second kappa shape index (κ2) is 6.07. The predicted molar refractivity (Wildman–Crippen MR) is 55.0 cm³/mol. The second-order valence-electron chi connectivity index (χ2n) is 3.03. The maximum absolute atomic E-state index is 9.56. The van der Waals surface area contributed by atoms with E-state index in [-0.39, 0.29) is 6.10 Å². The van der Waals surface area contributed by atoms with E-state index < -0.39 is 0 Å². The van der Waals surface area contributed by atoms with Gasteiger partial charge >= 0.3 is 0 Å². The molecule has 13 heavy (non-hydrogen) atoms. The largest absolute Gasteiger partial charge is 0.391 e. The molecule has 0 aromatic carbocycles. The van der Waals surface area contributed by atoms with Crippen LogP contribution in [0.25, 0.3) is 0 Å². The lowest BCUT2D eigenvalue weighted by Gasteiger charge is -2.09. The van der Waals surface area contributed by atoms with Crippen molar-refractivity contribution in [3.63, 3.8) is 0 Å². The third kappa shape index (κ3) is 4.36. The van der Waals surface area contributed by atoms with Gasteiger partial charge in [-0.1, -0.05) is 6.92 Å². The number of aliphatic hydroxyl groups is 1. The lowest BCUT2D eigenvalue weighted by atomic mass is 10.2. The van der Waals surface area contributed by atoms with Crippen molar-refractivity contribution >= 4 is 11.3 Å². The van der Waals surface area contributed by atoms with Crippen molar-refractivity contribution in [3.8, 4) is 0 Å². The van der Waals surface area contributed by atoms with Gasteiger partial charge in [0.25, 0.3) is 0 Å². The van der Waals surface area contributed by atoms with Crippen molar-refractivity contribution in [2.75, 3.05) is 13.1 Å². The van der Waals surface area contributed by atoms with Crippen LogP contribution >= 0.6 is 11.3 Å². The van der Waals surface area contributed by atoms with Gasteiger partial charge in [0.15, 0.2) is 0 Å². The quantitative estimate of drug-likeness (QED) is 0.675. The van der Waals surface area contributed by atoms with Gasteiger partial charge in [-0.05, 0) is 13.0 Å². The summed E-state index contributed by atoms with van der Waals surface area (Å²) in [6.45, 7) is 3.76. The first-order valence-electron chi connectivity index (χ1n) is 4.59. The summed E-state index contributed by atoms with van der Waals surface area (Å²) < 4.78 is 0. The second-order valence-corrected chi connectivity index (χ2v) is 4.00. The standard InChI is InChI=1S/C9H16N2OS/c1-2-3-10-5-8(12)4-9-6-11-7-13-9/h6-8,10,12H,2-5H2,1H3. The Morgan fingerprint density at radius 3 is 3.15 bits per heavy atom. The minimum absolute atomic E-state index is 0.285. The summed E-state index contributed by atoms with van der Waals surface area (Å²) in [5.74, 6) is 0. The molecule has 4 heteroatoms. The molecule has 0 aliphatic carbocycles. The molecule has 1 aromatic rings. The van der Waals surface area contributed by atoms with Crippen LogP contribution < -0.4 is 5.32 Å². The zero-order chi connectivity index (χ0) is 9.52. The summed E-state index contributed by atoms with van der Waals surface area (Å²) in [4.78, 5) is 5.10. The van der Waals surface area contributed by atoms with E-state index in [0.29, 0.717) is 13.0 Å². The zero-order valence-electron chi connectivity index (χ0n) is 7.86. The fourth-order valence-electron chi connectivity index (χ4n) is 1.09. The average molecular weight is 200 g/mol. The maximum Gasteiger partial charge on any atom is 0.0794 e. The number of aromatic nitrogens is 1. The minimum atomic E-state index is -0.285. The van der Waals surface area contributed by atoms with Gasteiger partial charge in [-0.25, -0.2) is 0 Å². The fraction of sp³-hybridized carbons (Fsp3) is 0.667. The van der Waals surface area contributed by atoms with E-state index in [1.807, 2.05) is 6.20 Å². The summed E-state index contributed by atoms with van der Waals surface area (Å²) in [5, 5.41) is 12.7. The molecule has 0 aliphatic heterocycles. The lowest BCUT2D eigenvalue weighted by Crippen LogP contribution is -2.28. The smallest absolute Gasteiger partial charge is 0.0794 e. The fourth-order valence-corrected chi connectivity index (χ4v) is 1.76. The SMILES string of the molecule is CCCNCC(O)Cc1cncs1. The molecular formula is C9H16N2OS. The highest BCUT2D eigenvalue weighted by atomic mass is 32.1. The number of nitrogens with one attached hydrogen (secondary N) is 1. The Morgan fingerprint density at radius 2 is 2.54 bits per heavy atom. The van der Waals surface area contributed by atoms with Crippen molar-refractivity contribution in [3.05, 3.63) is 16.6 Å². The third-order valence-corrected chi connectivity index (χ3v) is 2.53. The average Bonchev–Trinajstić information content (AvgIpc) is 2.57. The summed E-state index contributed by atoms with van der Waals surface area (Å²) >= 11 is 1.59. The normalized spacial score (nSPS) is 13.1. The summed E-state index contributed by atoms with van der Waals surface area (Å²) in [5.41, 5.74) is 1.79. The van der Waals surface area contributed by atoms with Crippen LogP contribution in [0.1, 0.15) is 18.2 Å². The van der Waals surface area contributed by atoms with Crippen LogP contribution in [0.15, 0.2) is 11.7 Å². The molecule has 0 bridgehead atoms. The first kappa shape index (κ1) is 10.6. The van der Waals surface area contributed by atoms with Gasteiger partial charge in [-0.15, -0.1) is 11.3 Å². The molecule has 0 saturated heterocycles. The molecule has 1 heterocycles. The van der Waals surface area contributed by atoms with Crippen molar-refractivity contribution in [1.29, 1.82) is 0 Å². The number of rotatable bonds is 6. The van der Waals surface area contributed by atoms with E-state index in [2.05, 4.69) is 17.2 Å². The Morgan fingerprint density at radius 1 is 1.69 bits per heavy atom. The summed E-state index contributed by atoms with van der Waals surface area (Å²) in [7, 11) is 0. The Kier molecular flexibility index (Phi) is 4.97. The molecule has 0 aliphatic rings. The highest BCUT2D eigenvalue weighted by Crippen LogP contribution is 2.07. The lowest BCUT2D eigenvalue weighted by molar-refractivity contribution is 0.173. The number of hydrogen-bond donors (Lipinski definition) is 2. The van der Waals surface area contributed by atoms with Gasteiger partial charge in [0.2, 0.25) is 0 Å². The van der Waals surface area contributed by atoms with Gasteiger partial charge in [-0.2, -0.15) is 0 Å². The molecule has 0 saturated carbocycles. The Hall–Kier alpha value is -0.450. The molecule has 0 radical (unpaired) electrons. The molecule has 1 aromatic heterocycles. The van der Waals surface area contributed by atoms with E-state index in [4.69, 9.17) is 0 Å². The van der Waals surface area contributed by atoms with Crippen LogP contribution in [-0.2, 0) is 6.42 Å². The van der Waals surface area contributed by atoms with Crippen LogP contribution in [0.3, 0.4) is 0 Å². The number of hydrogen-bond acceptors (Lipinski definition) is 4. The molecule has 1 atom stereocenters. The van der Waals surface area contributed by atoms with Crippen LogP contribution in [-0.4, -0.2) is 29.3 Å². The van der Waals surface area contributed by atoms with E-state index in [1.54, 1.807) is 16.8 Å². The van der Waals surface area contributed by atoms with Crippen molar-refractivity contribution in [1.82, 2.24) is 10.3 Å². The highest BCUT2D eigenvalue weighted by molar-refractivity contribution is 7.09. The van der Waals surface area contributed by atoms with E-state index in [9.17, 15) is 5.11 Å². The van der Waals surface area contributed by atoms with Crippen molar-refractivity contribution in [2.24, 2.45) is 0 Å². The number of thiazole rings is 1. The zero-order valence-corrected chi connectivity index (χ0v) is 8.68. The molecule has 74 valence electrons. The molecule has 1 rings (SSSR count). The predicted octanol–water partition coefficient (Wildman–Crippen LogP) is 1.05. The van der Waals surface area contributed by atoms with Gasteiger partial charge in [-0.3, -0.25) is 4.98 Å². The van der Waals surface area contributed by atoms with Crippen molar-refractivity contribution < 1.29 is 5.11 Å². The van der Waals surface area contributed by atoms with E-state index in [0.717, 1.165) is 17.8 Å². The van der Waals surface area contributed by atoms with E-state index in [1.165, 1.54) is 0 Å². The summed E-state index contributed by atoms with van der Waals surface area (Å²) in [6, 6.07) is 0. The Balaban J connectivity index is 2.14. The Labute approximate surface area is 82.8 Å².